The van der Waals surface area contributed by atoms with Crippen LogP contribution in [0.25, 0.3) is 6.08 Å². The highest BCUT2D eigenvalue weighted by Crippen LogP contribution is 2.36. The van der Waals surface area contributed by atoms with Crippen molar-refractivity contribution in [1.29, 1.82) is 0 Å². The summed E-state index contributed by atoms with van der Waals surface area (Å²) in [4.78, 5) is 50.4. The molecule has 1 saturated heterocycles. The number of aromatic carboxylic acids is 1. The van der Waals surface area contributed by atoms with Crippen molar-refractivity contribution in [3.63, 3.8) is 0 Å². The predicted octanol–water partition coefficient (Wildman–Crippen LogP) is 4.12. The Bertz CT molecular complexity index is 1480. The zero-order valence-corrected chi connectivity index (χ0v) is 20.5. The third-order valence-corrected chi connectivity index (χ3v) is 6.08. The number of anilines is 1. The van der Waals surface area contributed by atoms with Crippen LogP contribution in [0.4, 0.5) is 10.5 Å². The van der Waals surface area contributed by atoms with Crippen LogP contribution < -0.4 is 24.4 Å². The van der Waals surface area contributed by atoms with Gasteiger partial charge in [0.25, 0.3) is 11.8 Å². The summed E-state index contributed by atoms with van der Waals surface area (Å²) in [6, 6.07) is 14.9. The molecule has 0 atom stereocenters. The molecule has 0 bridgehead atoms. The fraction of sp³-hybridized carbons (Fsp3) is 0.0769. The Morgan fingerprint density at radius 3 is 2.54 bits per heavy atom. The van der Waals surface area contributed by atoms with Crippen molar-refractivity contribution in [2.24, 2.45) is 0 Å². The molecule has 0 unspecified atom stereocenters. The fourth-order valence-electron chi connectivity index (χ4n) is 3.74. The average molecular weight is 565 g/mol. The van der Waals surface area contributed by atoms with Crippen LogP contribution in [-0.4, -0.2) is 35.7 Å². The molecule has 0 aromatic heterocycles. The molecule has 4 amide bonds. The van der Waals surface area contributed by atoms with E-state index in [1.54, 1.807) is 36.4 Å². The number of benzene rings is 3. The first-order valence-corrected chi connectivity index (χ1v) is 11.6. The molecular formula is C26H17BrN2O8. The summed E-state index contributed by atoms with van der Waals surface area (Å²) >= 11 is 3.38. The zero-order chi connectivity index (χ0) is 26.1. The molecule has 0 radical (unpaired) electrons. The van der Waals surface area contributed by atoms with Gasteiger partial charge in [-0.1, -0.05) is 28.1 Å². The summed E-state index contributed by atoms with van der Waals surface area (Å²) in [5.41, 5.74) is 1.22. The van der Waals surface area contributed by atoms with Gasteiger partial charge in [0.2, 0.25) is 6.79 Å². The summed E-state index contributed by atoms with van der Waals surface area (Å²) in [5, 5.41) is 11.2. The second-order valence-electron chi connectivity index (χ2n) is 7.97. The minimum Gasteiger partial charge on any atom is -0.488 e. The fourth-order valence-corrected chi connectivity index (χ4v) is 4.12. The Morgan fingerprint density at radius 1 is 1.03 bits per heavy atom. The largest absolute Gasteiger partial charge is 0.488 e. The van der Waals surface area contributed by atoms with Gasteiger partial charge in [-0.2, -0.15) is 0 Å². The highest BCUT2D eigenvalue weighted by molar-refractivity contribution is 9.10. The minimum absolute atomic E-state index is 0.0257. The number of imide groups is 2. The van der Waals surface area contributed by atoms with Crippen molar-refractivity contribution in [1.82, 2.24) is 5.32 Å². The van der Waals surface area contributed by atoms with E-state index in [9.17, 15) is 19.2 Å². The Labute approximate surface area is 218 Å². The SMILES string of the molecule is O=C1NC(=O)N(c2ccc3c(c2)OCO3)C(=O)C1=Cc1cc(Br)ccc1OCc1ccc(C(=O)O)cc1. The van der Waals surface area contributed by atoms with Crippen molar-refractivity contribution in [2.45, 2.75) is 6.61 Å². The Morgan fingerprint density at radius 2 is 1.78 bits per heavy atom. The lowest BCUT2D eigenvalue weighted by Crippen LogP contribution is -2.54. The van der Waals surface area contributed by atoms with Gasteiger partial charge in [-0.05, 0) is 54.1 Å². The number of barbiturate groups is 1. The molecule has 1 fully saturated rings. The summed E-state index contributed by atoms with van der Waals surface area (Å²) in [6.07, 6.45) is 1.34. The van der Waals surface area contributed by atoms with Gasteiger partial charge >= 0.3 is 12.0 Å². The van der Waals surface area contributed by atoms with Crippen LogP contribution in [0.5, 0.6) is 17.2 Å². The van der Waals surface area contributed by atoms with Gasteiger partial charge in [-0.25, -0.2) is 14.5 Å². The predicted molar refractivity (Wildman–Crippen MR) is 133 cm³/mol. The van der Waals surface area contributed by atoms with Crippen LogP contribution in [0.3, 0.4) is 0 Å². The molecule has 10 nitrogen and oxygen atoms in total. The number of halogens is 1. The number of hydrogen-bond donors (Lipinski definition) is 2. The number of carboxylic acids is 1. The molecule has 0 aliphatic carbocycles. The standard InChI is InChI=1S/C26H17BrN2O8/c27-17-5-7-20(35-12-14-1-3-15(4-2-14)25(32)33)16(9-17)10-19-23(30)28-26(34)29(24(19)31)18-6-8-21-22(11-18)37-13-36-21/h1-11H,12-13H2,(H,32,33)(H,28,30,34). The number of carboxylic acid groups (broad SMARTS) is 1. The van der Waals surface area contributed by atoms with Crippen molar-refractivity contribution < 1.29 is 38.5 Å². The first-order valence-electron chi connectivity index (χ1n) is 10.9. The number of carbonyl (C=O) groups is 4. The van der Waals surface area contributed by atoms with E-state index in [1.807, 2.05) is 0 Å². The van der Waals surface area contributed by atoms with Gasteiger partial charge in [0, 0.05) is 16.1 Å². The molecule has 2 aliphatic rings. The molecule has 0 saturated carbocycles. The van der Waals surface area contributed by atoms with E-state index in [0.29, 0.717) is 27.3 Å². The molecule has 3 aromatic carbocycles. The first-order chi connectivity index (χ1) is 17.8. The van der Waals surface area contributed by atoms with Crippen LogP contribution in [-0.2, 0) is 16.2 Å². The van der Waals surface area contributed by atoms with Crippen molar-refractivity contribution in [3.05, 3.63) is 87.4 Å². The number of fused-ring (bicyclic) bond motifs is 1. The summed E-state index contributed by atoms with van der Waals surface area (Å²) in [6.45, 7) is 0.136. The van der Waals surface area contributed by atoms with Gasteiger partial charge in [0.1, 0.15) is 17.9 Å². The second-order valence-corrected chi connectivity index (χ2v) is 8.88. The molecule has 5 rings (SSSR count). The van der Waals surface area contributed by atoms with E-state index in [1.165, 1.54) is 30.3 Å². The highest BCUT2D eigenvalue weighted by atomic mass is 79.9. The number of hydrogen-bond acceptors (Lipinski definition) is 7. The van der Waals surface area contributed by atoms with Crippen LogP contribution in [0, 0.1) is 0 Å². The monoisotopic (exact) mass is 564 g/mol. The molecule has 0 spiro atoms. The molecule has 2 N–H and O–H groups in total. The van der Waals surface area contributed by atoms with Gasteiger partial charge in [0.05, 0.1) is 11.3 Å². The number of carbonyl (C=O) groups excluding carboxylic acids is 3. The quantitative estimate of drug-likeness (QED) is 0.337. The number of ether oxygens (including phenoxy) is 3. The Hall–Kier alpha value is -4.64. The van der Waals surface area contributed by atoms with Crippen molar-refractivity contribution in [2.75, 3.05) is 11.7 Å². The first kappa shape index (κ1) is 24.1. The van der Waals surface area contributed by atoms with Crippen LogP contribution >= 0.6 is 15.9 Å². The summed E-state index contributed by atoms with van der Waals surface area (Å²) in [5.74, 6) is -1.47. The summed E-state index contributed by atoms with van der Waals surface area (Å²) in [7, 11) is 0. The normalized spacial score (nSPS) is 15.6. The van der Waals surface area contributed by atoms with Gasteiger partial charge in [-0.3, -0.25) is 14.9 Å². The molecule has 11 heteroatoms. The zero-order valence-electron chi connectivity index (χ0n) is 18.9. The molecule has 3 aromatic rings. The Balaban J connectivity index is 1.43. The number of urea groups is 1. The smallest absolute Gasteiger partial charge is 0.335 e. The van der Waals surface area contributed by atoms with Crippen molar-refractivity contribution >= 4 is 51.5 Å². The number of rotatable bonds is 6. The molecule has 37 heavy (non-hydrogen) atoms. The average Bonchev–Trinajstić information content (AvgIpc) is 3.34. The highest BCUT2D eigenvalue weighted by Gasteiger charge is 2.37. The van der Waals surface area contributed by atoms with E-state index in [-0.39, 0.29) is 30.2 Å². The lowest BCUT2D eigenvalue weighted by atomic mass is 10.1. The number of nitrogens with one attached hydrogen (secondary N) is 1. The van der Waals surface area contributed by atoms with E-state index in [2.05, 4.69) is 21.2 Å². The van der Waals surface area contributed by atoms with Crippen LogP contribution in [0.2, 0.25) is 0 Å². The van der Waals surface area contributed by atoms with Gasteiger partial charge in [0.15, 0.2) is 11.5 Å². The minimum atomic E-state index is -1.03. The molecule has 2 aliphatic heterocycles. The second kappa shape index (κ2) is 9.78. The van der Waals surface area contributed by atoms with Crippen LogP contribution in [0.1, 0.15) is 21.5 Å². The summed E-state index contributed by atoms with van der Waals surface area (Å²) < 4.78 is 17.2. The Kier molecular flexibility index (Phi) is 6.36. The molecular weight excluding hydrogens is 548 g/mol. The van der Waals surface area contributed by atoms with Crippen molar-refractivity contribution in [3.8, 4) is 17.2 Å². The van der Waals surface area contributed by atoms with E-state index >= 15 is 0 Å². The molecule has 186 valence electrons. The number of nitrogens with zero attached hydrogens (tertiary/aromatic N) is 1. The van der Waals surface area contributed by atoms with E-state index in [0.717, 1.165) is 10.5 Å². The lowest BCUT2D eigenvalue weighted by molar-refractivity contribution is -0.122. The maximum absolute atomic E-state index is 13.3. The van der Waals surface area contributed by atoms with E-state index in [4.69, 9.17) is 19.3 Å². The van der Waals surface area contributed by atoms with Gasteiger partial charge < -0.3 is 19.3 Å². The number of amides is 4. The van der Waals surface area contributed by atoms with Crippen LogP contribution in [0.15, 0.2) is 70.7 Å². The third-order valence-electron chi connectivity index (χ3n) is 5.58. The topological polar surface area (TPSA) is 131 Å². The van der Waals surface area contributed by atoms with E-state index < -0.39 is 23.8 Å². The molecule has 2 heterocycles. The van der Waals surface area contributed by atoms with Gasteiger partial charge in [-0.15, -0.1) is 0 Å². The maximum atomic E-state index is 13.3. The third kappa shape index (κ3) is 4.89. The lowest BCUT2D eigenvalue weighted by Gasteiger charge is -2.26. The maximum Gasteiger partial charge on any atom is 0.335 e.